The van der Waals surface area contributed by atoms with Gasteiger partial charge in [-0.25, -0.2) is 8.42 Å². The maximum absolute atomic E-state index is 11.5. The zero-order valence-electron chi connectivity index (χ0n) is 10.6. The molecule has 0 spiro atoms. The fourth-order valence-corrected chi connectivity index (χ4v) is 2.34. The minimum absolute atomic E-state index is 0.319. The summed E-state index contributed by atoms with van der Waals surface area (Å²) in [5.74, 6) is 0. The van der Waals surface area contributed by atoms with E-state index in [9.17, 15) is 8.42 Å². The SMILES string of the molecule is Cc1ccc(-c2cccc(S(C)(=O)=O)c2)nc1C. The molecule has 0 aliphatic carbocycles. The molecule has 0 unspecified atom stereocenters. The lowest BCUT2D eigenvalue weighted by Crippen LogP contribution is -1.97. The second-order valence-corrected chi connectivity index (χ2v) is 6.41. The van der Waals surface area contributed by atoms with Gasteiger partial charge < -0.3 is 0 Å². The van der Waals surface area contributed by atoms with Crippen molar-refractivity contribution in [3.8, 4) is 11.3 Å². The Kier molecular flexibility index (Phi) is 3.22. The topological polar surface area (TPSA) is 47.0 Å². The van der Waals surface area contributed by atoms with E-state index in [1.165, 1.54) is 6.26 Å². The summed E-state index contributed by atoms with van der Waals surface area (Å²) in [5, 5.41) is 0. The Bertz CT molecular complexity index is 691. The maximum atomic E-state index is 11.5. The Hall–Kier alpha value is -1.68. The van der Waals surface area contributed by atoms with Gasteiger partial charge in [-0.1, -0.05) is 18.2 Å². The molecule has 0 saturated carbocycles. The van der Waals surface area contributed by atoms with Crippen LogP contribution in [-0.4, -0.2) is 19.7 Å². The molecule has 0 N–H and O–H groups in total. The maximum Gasteiger partial charge on any atom is 0.175 e. The van der Waals surface area contributed by atoms with Crippen LogP contribution < -0.4 is 0 Å². The van der Waals surface area contributed by atoms with Crippen molar-refractivity contribution in [1.82, 2.24) is 4.98 Å². The Labute approximate surface area is 107 Å². The number of hydrogen-bond donors (Lipinski definition) is 0. The highest BCUT2D eigenvalue weighted by atomic mass is 32.2. The van der Waals surface area contributed by atoms with E-state index >= 15 is 0 Å². The minimum atomic E-state index is -3.18. The Balaban J connectivity index is 2.55. The van der Waals surface area contributed by atoms with E-state index in [0.29, 0.717) is 4.90 Å². The van der Waals surface area contributed by atoms with Gasteiger partial charge in [-0.2, -0.15) is 0 Å². The first-order valence-corrected chi connectivity index (χ1v) is 7.52. The van der Waals surface area contributed by atoms with Crippen LogP contribution in [-0.2, 0) is 9.84 Å². The van der Waals surface area contributed by atoms with Crippen molar-refractivity contribution >= 4 is 9.84 Å². The number of pyridine rings is 1. The third-order valence-electron chi connectivity index (χ3n) is 2.91. The van der Waals surface area contributed by atoms with E-state index in [1.807, 2.05) is 32.0 Å². The third-order valence-corrected chi connectivity index (χ3v) is 4.02. The van der Waals surface area contributed by atoms with Crippen LogP contribution in [0.5, 0.6) is 0 Å². The quantitative estimate of drug-likeness (QED) is 0.835. The summed E-state index contributed by atoms with van der Waals surface area (Å²) in [6.07, 6.45) is 1.21. The monoisotopic (exact) mass is 261 g/mol. The van der Waals surface area contributed by atoms with Crippen molar-refractivity contribution in [2.24, 2.45) is 0 Å². The van der Waals surface area contributed by atoms with Crippen molar-refractivity contribution in [2.75, 3.05) is 6.26 Å². The second kappa shape index (κ2) is 4.53. The summed E-state index contributed by atoms with van der Waals surface area (Å²) in [4.78, 5) is 4.79. The summed E-state index contributed by atoms with van der Waals surface area (Å²) < 4.78 is 23.0. The molecular weight excluding hydrogens is 246 g/mol. The van der Waals surface area contributed by atoms with Crippen LogP contribution in [0.2, 0.25) is 0 Å². The fourth-order valence-electron chi connectivity index (χ4n) is 1.68. The normalized spacial score (nSPS) is 11.5. The minimum Gasteiger partial charge on any atom is -0.253 e. The summed E-state index contributed by atoms with van der Waals surface area (Å²) >= 11 is 0. The number of aryl methyl sites for hydroxylation is 2. The van der Waals surface area contributed by atoms with E-state index in [4.69, 9.17) is 0 Å². The molecule has 0 saturated heterocycles. The standard InChI is InChI=1S/C14H15NO2S/c1-10-7-8-14(15-11(10)2)12-5-4-6-13(9-12)18(3,16)17/h4-9H,1-3H3. The number of aromatic nitrogens is 1. The lowest BCUT2D eigenvalue weighted by molar-refractivity contribution is 0.602. The predicted octanol–water partition coefficient (Wildman–Crippen LogP) is 2.77. The average Bonchev–Trinajstić information content (AvgIpc) is 2.32. The summed E-state index contributed by atoms with van der Waals surface area (Å²) in [7, 11) is -3.18. The van der Waals surface area contributed by atoms with Crippen molar-refractivity contribution < 1.29 is 8.42 Å². The lowest BCUT2D eigenvalue weighted by Gasteiger charge is -2.06. The van der Waals surface area contributed by atoms with Crippen LogP contribution in [0.15, 0.2) is 41.3 Å². The van der Waals surface area contributed by atoms with Crippen molar-refractivity contribution in [2.45, 2.75) is 18.7 Å². The molecule has 0 atom stereocenters. The summed E-state index contributed by atoms with van der Waals surface area (Å²) in [6.45, 7) is 3.94. The Morgan fingerprint density at radius 2 is 1.78 bits per heavy atom. The summed E-state index contributed by atoms with van der Waals surface area (Å²) in [6, 6.07) is 10.8. The van der Waals surface area contributed by atoms with Gasteiger partial charge in [0.15, 0.2) is 9.84 Å². The lowest BCUT2D eigenvalue weighted by atomic mass is 10.1. The largest absolute Gasteiger partial charge is 0.253 e. The number of benzene rings is 1. The van der Waals surface area contributed by atoms with Crippen LogP contribution >= 0.6 is 0 Å². The molecule has 18 heavy (non-hydrogen) atoms. The van der Waals surface area contributed by atoms with E-state index in [2.05, 4.69) is 4.98 Å². The van der Waals surface area contributed by atoms with Crippen LogP contribution in [0.1, 0.15) is 11.3 Å². The first-order valence-electron chi connectivity index (χ1n) is 5.62. The molecule has 1 heterocycles. The smallest absolute Gasteiger partial charge is 0.175 e. The molecular formula is C14H15NO2S. The third kappa shape index (κ3) is 2.59. The Morgan fingerprint density at radius 3 is 2.39 bits per heavy atom. The highest BCUT2D eigenvalue weighted by molar-refractivity contribution is 7.90. The summed E-state index contributed by atoms with van der Waals surface area (Å²) in [5.41, 5.74) is 3.69. The number of hydrogen-bond acceptors (Lipinski definition) is 3. The number of rotatable bonds is 2. The molecule has 0 aliphatic heterocycles. The molecule has 1 aromatic carbocycles. The molecule has 3 nitrogen and oxygen atoms in total. The van der Waals surface area contributed by atoms with Crippen LogP contribution in [0, 0.1) is 13.8 Å². The van der Waals surface area contributed by atoms with Gasteiger partial charge in [0.25, 0.3) is 0 Å². The number of nitrogens with zero attached hydrogens (tertiary/aromatic N) is 1. The molecule has 0 bridgehead atoms. The zero-order chi connectivity index (χ0) is 13.3. The molecule has 0 aliphatic rings. The second-order valence-electron chi connectivity index (χ2n) is 4.40. The molecule has 2 aromatic rings. The highest BCUT2D eigenvalue weighted by Crippen LogP contribution is 2.21. The van der Waals surface area contributed by atoms with E-state index in [0.717, 1.165) is 22.5 Å². The molecule has 0 amide bonds. The van der Waals surface area contributed by atoms with E-state index in [1.54, 1.807) is 18.2 Å². The molecule has 94 valence electrons. The van der Waals surface area contributed by atoms with Crippen molar-refractivity contribution in [1.29, 1.82) is 0 Å². The van der Waals surface area contributed by atoms with Gasteiger partial charge in [-0.3, -0.25) is 4.98 Å². The van der Waals surface area contributed by atoms with Gasteiger partial charge >= 0.3 is 0 Å². The average molecular weight is 261 g/mol. The molecule has 1 aromatic heterocycles. The van der Waals surface area contributed by atoms with Gasteiger partial charge in [0.05, 0.1) is 10.6 Å². The molecule has 0 fully saturated rings. The highest BCUT2D eigenvalue weighted by Gasteiger charge is 2.09. The molecule has 4 heteroatoms. The molecule has 0 radical (unpaired) electrons. The van der Waals surface area contributed by atoms with Crippen LogP contribution in [0.3, 0.4) is 0 Å². The van der Waals surface area contributed by atoms with Gasteiger partial charge in [-0.05, 0) is 37.6 Å². The predicted molar refractivity (Wildman–Crippen MR) is 72.3 cm³/mol. The van der Waals surface area contributed by atoms with Crippen molar-refractivity contribution in [3.63, 3.8) is 0 Å². The zero-order valence-corrected chi connectivity index (χ0v) is 11.5. The van der Waals surface area contributed by atoms with E-state index in [-0.39, 0.29) is 0 Å². The number of sulfone groups is 1. The first kappa shape index (κ1) is 12.8. The van der Waals surface area contributed by atoms with Gasteiger partial charge in [0.2, 0.25) is 0 Å². The van der Waals surface area contributed by atoms with Crippen molar-refractivity contribution in [3.05, 3.63) is 47.7 Å². The Morgan fingerprint density at radius 1 is 1.06 bits per heavy atom. The fraction of sp³-hybridized carbons (Fsp3) is 0.214. The molecule has 2 rings (SSSR count). The van der Waals surface area contributed by atoms with Gasteiger partial charge in [-0.15, -0.1) is 0 Å². The van der Waals surface area contributed by atoms with Crippen LogP contribution in [0.4, 0.5) is 0 Å². The van der Waals surface area contributed by atoms with Gasteiger partial charge in [0.1, 0.15) is 0 Å². The van der Waals surface area contributed by atoms with Gasteiger partial charge in [0, 0.05) is 17.5 Å². The van der Waals surface area contributed by atoms with E-state index < -0.39 is 9.84 Å². The first-order chi connectivity index (χ1) is 8.38. The van der Waals surface area contributed by atoms with Crippen LogP contribution in [0.25, 0.3) is 11.3 Å².